The van der Waals surface area contributed by atoms with Crippen molar-refractivity contribution in [3.05, 3.63) is 87.8 Å². The van der Waals surface area contributed by atoms with E-state index in [0.717, 1.165) is 53.6 Å². The van der Waals surface area contributed by atoms with Crippen molar-refractivity contribution in [3.63, 3.8) is 0 Å². The maximum Gasteiger partial charge on any atom is 0.270 e. The van der Waals surface area contributed by atoms with Gasteiger partial charge in [-0.2, -0.15) is 0 Å². The third kappa shape index (κ3) is 8.52. The van der Waals surface area contributed by atoms with Crippen LogP contribution in [0, 0.1) is 12.7 Å². The second-order valence-electron chi connectivity index (χ2n) is 12.4. The van der Waals surface area contributed by atoms with Crippen LogP contribution in [0.4, 0.5) is 4.39 Å². The molecule has 0 unspecified atom stereocenters. The van der Waals surface area contributed by atoms with Crippen molar-refractivity contribution in [2.75, 3.05) is 13.1 Å². The van der Waals surface area contributed by atoms with E-state index < -0.39 is 11.7 Å². The Morgan fingerprint density at radius 1 is 0.979 bits per heavy atom. The number of amides is 2. The number of likely N-dealkylation sites (tertiary alicyclic amines) is 1. The molecule has 1 saturated heterocycles. The summed E-state index contributed by atoms with van der Waals surface area (Å²) in [5.41, 5.74) is 3.34. The monoisotopic (exact) mass is 657 g/mol. The Balaban J connectivity index is 1.12. The van der Waals surface area contributed by atoms with Crippen LogP contribution in [0.25, 0.3) is 11.1 Å². The van der Waals surface area contributed by atoms with Crippen LogP contribution < -0.4 is 15.4 Å². The highest BCUT2D eigenvalue weighted by atomic mass is 32.1. The summed E-state index contributed by atoms with van der Waals surface area (Å²) in [6, 6.07) is 13.9. The number of pyridine rings is 1. The van der Waals surface area contributed by atoms with Gasteiger partial charge in [-0.25, -0.2) is 14.4 Å². The number of hydrogen-bond donors (Lipinski definition) is 3. The molecule has 3 N–H and O–H groups in total. The zero-order valence-electron chi connectivity index (χ0n) is 26.5. The number of aromatic hydroxyl groups is 1. The lowest BCUT2D eigenvalue weighted by atomic mass is 9.91. The van der Waals surface area contributed by atoms with Crippen molar-refractivity contribution in [1.82, 2.24) is 25.5 Å². The molecule has 3 heterocycles. The van der Waals surface area contributed by atoms with Crippen LogP contribution in [0.5, 0.6) is 17.4 Å². The van der Waals surface area contributed by atoms with Gasteiger partial charge in [0, 0.05) is 24.0 Å². The topological polar surface area (TPSA) is 117 Å². The van der Waals surface area contributed by atoms with Crippen LogP contribution in [-0.4, -0.2) is 57.0 Å². The average molecular weight is 658 g/mol. The number of phenolic OH excluding ortho intramolecular Hbond substituents is 1. The lowest BCUT2D eigenvalue weighted by Gasteiger charge is -2.29. The normalized spacial score (nSPS) is 18.7. The molecule has 2 fully saturated rings. The Kier molecular flexibility index (Phi) is 10.4. The molecule has 2 aromatic carbocycles. The molecule has 1 aliphatic heterocycles. The Labute approximate surface area is 278 Å². The Morgan fingerprint density at radius 3 is 2.40 bits per heavy atom. The molecule has 4 aromatic rings. The molecule has 2 amide bonds. The van der Waals surface area contributed by atoms with E-state index >= 15 is 0 Å². The smallest absolute Gasteiger partial charge is 0.270 e. The molecule has 0 spiro atoms. The first kappa shape index (κ1) is 32.6. The maximum absolute atomic E-state index is 14.4. The van der Waals surface area contributed by atoms with Crippen LogP contribution >= 0.6 is 11.3 Å². The number of aryl methyl sites for hydroxylation is 1. The van der Waals surface area contributed by atoms with E-state index in [1.54, 1.807) is 17.5 Å². The number of carbonyl (C=O) groups excluding carboxylic acids is 2. The quantitative estimate of drug-likeness (QED) is 0.178. The fourth-order valence-electron chi connectivity index (χ4n) is 6.41. The van der Waals surface area contributed by atoms with E-state index in [1.807, 2.05) is 37.3 Å². The zero-order valence-corrected chi connectivity index (χ0v) is 27.3. The number of halogens is 1. The first-order chi connectivity index (χ1) is 22.8. The minimum atomic E-state index is -0.637. The number of hydrogen-bond acceptors (Lipinski definition) is 8. The number of ether oxygens (including phenoxy) is 1. The lowest BCUT2D eigenvalue weighted by molar-refractivity contribution is 0.0888. The third-order valence-electron chi connectivity index (χ3n) is 8.85. The summed E-state index contributed by atoms with van der Waals surface area (Å²) in [4.78, 5) is 36.7. The standard InChI is InChI=1S/C36H40FN5O4S/c1-23-39-33(22-47-23)35(45)41-28-11-9-27(10-12-28)40-34(44)32-19-26(37)20-38-36(32)46-30-8-6-7-24(18-30)31-14-13-29(43)17-25(31)21-42-15-4-2-3-5-16-42/h6-8,13-14,17-20,22,27-28,43H,2-5,9-12,15-16,21H2,1H3,(H,40,44)(H,41,45). The highest BCUT2D eigenvalue weighted by molar-refractivity contribution is 7.09. The van der Waals surface area contributed by atoms with E-state index in [0.29, 0.717) is 37.1 Å². The number of carbonyl (C=O) groups is 2. The summed E-state index contributed by atoms with van der Waals surface area (Å²) in [5.74, 6) is -0.597. The van der Waals surface area contributed by atoms with Gasteiger partial charge in [0.1, 0.15) is 28.6 Å². The first-order valence-corrected chi connectivity index (χ1v) is 17.2. The van der Waals surface area contributed by atoms with Gasteiger partial charge < -0.3 is 20.5 Å². The van der Waals surface area contributed by atoms with Crippen molar-refractivity contribution in [2.45, 2.75) is 76.9 Å². The molecule has 11 heteroatoms. The number of nitrogens with zero attached hydrogens (tertiary/aromatic N) is 3. The van der Waals surface area contributed by atoms with E-state index in [4.69, 9.17) is 4.74 Å². The minimum absolute atomic E-state index is 0.00174. The molecular weight excluding hydrogens is 617 g/mol. The Hall–Kier alpha value is -4.35. The van der Waals surface area contributed by atoms with Crippen LogP contribution in [-0.2, 0) is 6.54 Å². The van der Waals surface area contributed by atoms with Crippen molar-refractivity contribution in [2.24, 2.45) is 0 Å². The number of aromatic nitrogens is 2. The number of thiazole rings is 1. The molecule has 1 aliphatic carbocycles. The summed E-state index contributed by atoms with van der Waals surface area (Å²) in [6.45, 7) is 4.66. The molecular formula is C36H40FN5O4S. The lowest BCUT2D eigenvalue weighted by Crippen LogP contribution is -2.44. The average Bonchev–Trinajstić information content (AvgIpc) is 3.34. The van der Waals surface area contributed by atoms with Gasteiger partial charge in [0.05, 0.1) is 11.2 Å². The second-order valence-corrected chi connectivity index (χ2v) is 13.5. The van der Waals surface area contributed by atoms with E-state index in [2.05, 4.69) is 25.5 Å². The van der Waals surface area contributed by atoms with Gasteiger partial charge >= 0.3 is 0 Å². The van der Waals surface area contributed by atoms with Gasteiger partial charge in [-0.05, 0) is 106 Å². The molecule has 1 saturated carbocycles. The highest BCUT2D eigenvalue weighted by Gasteiger charge is 2.26. The van der Waals surface area contributed by atoms with Crippen LogP contribution in [0.2, 0.25) is 0 Å². The Bertz CT molecular complexity index is 1710. The van der Waals surface area contributed by atoms with Gasteiger partial charge in [0.25, 0.3) is 11.8 Å². The number of benzene rings is 2. The summed E-state index contributed by atoms with van der Waals surface area (Å²) >= 11 is 1.44. The minimum Gasteiger partial charge on any atom is -0.508 e. The van der Waals surface area contributed by atoms with Crippen LogP contribution in [0.3, 0.4) is 0 Å². The summed E-state index contributed by atoms with van der Waals surface area (Å²) in [7, 11) is 0. The molecule has 2 aromatic heterocycles. The summed E-state index contributed by atoms with van der Waals surface area (Å²) in [5, 5.41) is 18.9. The van der Waals surface area contributed by atoms with Gasteiger partial charge in [-0.15, -0.1) is 11.3 Å². The van der Waals surface area contributed by atoms with Crippen molar-refractivity contribution < 1.29 is 23.8 Å². The van der Waals surface area contributed by atoms with Crippen molar-refractivity contribution in [3.8, 4) is 28.5 Å². The van der Waals surface area contributed by atoms with E-state index in [1.165, 1.54) is 37.0 Å². The second kappa shape index (κ2) is 15.0. The highest BCUT2D eigenvalue weighted by Crippen LogP contribution is 2.33. The summed E-state index contributed by atoms with van der Waals surface area (Å²) in [6.07, 6.45) is 8.61. The van der Waals surface area contributed by atoms with Gasteiger partial charge in [0.15, 0.2) is 0 Å². The zero-order chi connectivity index (χ0) is 32.8. The van der Waals surface area contributed by atoms with Crippen LogP contribution in [0.1, 0.15) is 82.8 Å². The Morgan fingerprint density at radius 2 is 1.70 bits per heavy atom. The van der Waals surface area contributed by atoms with Crippen molar-refractivity contribution >= 4 is 23.2 Å². The molecule has 6 rings (SSSR count). The van der Waals surface area contributed by atoms with Gasteiger partial charge in [0.2, 0.25) is 5.88 Å². The first-order valence-electron chi connectivity index (χ1n) is 16.3. The fraction of sp³-hybridized carbons (Fsp3) is 0.389. The molecule has 47 heavy (non-hydrogen) atoms. The third-order valence-corrected chi connectivity index (χ3v) is 9.63. The fourth-order valence-corrected chi connectivity index (χ4v) is 7.00. The molecule has 2 aliphatic rings. The predicted molar refractivity (Wildman–Crippen MR) is 179 cm³/mol. The van der Waals surface area contributed by atoms with Crippen molar-refractivity contribution in [1.29, 1.82) is 0 Å². The number of nitrogens with one attached hydrogen (secondary N) is 2. The van der Waals surface area contributed by atoms with Gasteiger partial charge in [-0.3, -0.25) is 14.5 Å². The SMILES string of the molecule is Cc1nc(C(=O)NC2CCC(NC(=O)c3cc(F)cnc3Oc3cccc(-c4ccc(O)cc4CN4CCCCCC4)c3)CC2)cs1. The van der Waals surface area contributed by atoms with E-state index in [-0.39, 0.29) is 35.2 Å². The molecule has 9 nitrogen and oxygen atoms in total. The molecule has 0 bridgehead atoms. The summed E-state index contributed by atoms with van der Waals surface area (Å²) < 4.78 is 20.5. The molecule has 0 atom stereocenters. The largest absolute Gasteiger partial charge is 0.508 e. The molecule has 246 valence electrons. The predicted octanol–water partition coefficient (Wildman–Crippen LogP) is 7.00. The molecule has 0 radical (unpaired) electrons. The van der Waals surface area contributed by atoms with Gasteiger partial charge in [-0.1, -0.05) is 31.0 Å². The maximum atomic E-state index is 14.4. The number of rotatable bonds is 9. The number of phenols is 1. The van der Waals surface area contributed by atoms with Crippen LogP contribution in [0.15, 0.2) is 60.1 Å². The van der Waals surface area contributed by atoms with E-state index in [9.17, 15) is 19.1 Å².